The summed E-state index contributed by atoms with van der Waals surface area (Å²) in [6.07, 6.45) is 1.81. The van der Waals surface area contributed by atoms with E-state index in [-0.39, 0.29) is 0 Å². The van der Waals surface area contributed by atoms with Gasteiger partial charge in [-0.2, -0.15) is 5.26 Å². The zero-order chi connectivity index (χ0) is 17.9. The maximum atomic E-state index is 12.0. The van der Waals surface area contributed by atoms with Gasteiger partial charge in [0.15, 0.2) is 0 Å². The molecule has 0 spiro atoms. The maximum absolute atomic E-state index is 12.0. The average Bonchev–Trinajstić information content (AvgIpc) is 2.64. The molecule has 0 aromatic heterocycles. The molecule has 0 saturated heterocycles. The molecule has 0 radical (unpaired) electrons. The van der Waals surface area contributed by atoms with Crippen molar-refractivity contribution in [3.05, 3.63) is 64.7 Å². The van der Waals surface area contributed by atoms with Crippen LogP contribution in [0.25, 0.3) is 0 Å². The summed E-state index contributed by atoms with van der Waals surface area (Å²) in [5.41, 5.74) is 1.71. The van der Waals surface area contributed by atoms with E-state index in [1.54, 1.807) is 36.4 Å². The standard InChI is InChI=1S/C19H18ClFN2O2/c20-18-6-2-15(3-7-18)14-25-23-13-17(12-22)16-4-8-19(9-5-16)24-11-1-10-21/h2-9,13,17H,1,10-11,14H2/b23-13-/t17-/m1/s1. The van der Waals surface area contributed by atoms with Gasteiger partial charge in [0.2, 0.25) is 0 Å². The molecule has 0 fully saturated rings. The van der Waals surface area contributed by atoms with Crippen molar-refractivity contribution in [3.8, 4) is 11.8 Å². The molecule has 0 amide bonds. The summed E-state index contributed by atoms with van der Waals surface area (Å²) in [6.45, 7) is 0.228. The first-order valence-electron chi connectivity index (χ1n) is 7.81. The van der Waals surface area contributed by atoms with Crippen LogP contribution in [0.5, 0.6) is 5.75 Å². The molecule has 6 heteroatoms. The number of ether oxygens (including phenoxy) is 1. The first-order chi connectivity index (χ1) is 12.2. The van der Waals surface area contributed by atoms with Gasteiger partial charge in [0.1, 0.15) is 18.3 Å². The predicted molar refractivity (Wildman–Crippen MR) is 95.6 cm³/mol. The molecule has 2 aromatic rings. The number of nitriles is 1. The second kappa shape index (κ2) is 10.3. The third-order valence-electron chi connectivity index (χ3n) is 3.35. The molecular weight excluding hydrogens is 343 g/mol. The summed E-state index contributed by atoms with van der Waals surface area (Å²) in [7, 11) is 0. The highest BCUT2D eigenvalue weighted by Gasteiger charge is 2.08. The minimum Gasteiger partial charge on any atom is -0.494 e. The van der Waals surface area contributed by atoms with Gasteiger partial charge in [0.25, 0.3) is 0 Å². The summed E-state index contributed by atoms with van der Waals surface area (Å²) in [6, 6.07) is 16.5. The SMILES string of the molecule is N#C[C@H](/C=N\OCc1ccc(Cl)cc1)c1ccc(OCCCF)cc1. The van der Waals surface area contributed by atoms with Crippen LogP contribution in [0.15, 0.2) is 53.7 Å². The lowest BCUT2D eigenvalue weighted by Crippen LogP contribution is -2.00. The Hall–Kier alpha value is -2.58. The van der Waals surface area contributed by atoms with E-state index < -0.39 is 12.6 Å². The monoisotopic (exact) mass is 360 g/mol. The number of oxime groups is 1. The Labute approximate surface area is 151 Å². The quantitative estimate of drug-likeness (QED) is 0.363. The highest BCUT2D eigenvalue weighted by atomic mass is 35.5. The van der Waals surface area contributed by atoms with Crippen LogP contribution < -0.4 is 4.74 Å². The normalized spacial score (nSPS) is 11.9. The molecule has 0 unspecified atom stereocenters. The fourth-order valence-corrected chi connectivity index (χ4v) is 2.13. The lowest BCUT2D eigenvalue weighted by atomic mass is 10.0. The van der Waals surface area contributed by atoms with Crippen LogP contribution in [-0.4, -0.2) is 19.5 Å². The van der Waals surface area contributed by atoms with Crippen molar-refractivity contribution in [1.29, 1.82) is 5.26 Å². The highest BCUT2D eigenvalue weighted by Crippen LogP contribution is 2.18. The van der Waals surface area contributed by atoms with Gasteiger partial charge in [-0.3, -0.25) is 4.39 Å². The van der Waals surface area contributed by atoms with Crippen molar-refractivity contribution in [1.82, 2.24) is 0 Å². The molecular formula is C19H18ClFN2O2. The molecule has 0 aliphatic carbocycles. The van der Waals surface area contributed by atoms with E-state index in [4.69, 9.17) is 21.2 Å². The zero-order valence-corrected chi connectivity index (χ0v) is 14.3. The van der Waals surface area contributed by atoms with Crippen LogP contribution in [0.3, 0.4) is 0 Å². The van der Waals surface area contributed by atoms with Crippen molar-refractivity contribution < 1.29 is 14.0 Å². The molecule has 0 aliphatic heterocycles. The molecule has 2 rings (SSSR count). The van der Waals surface area contributed by atoms with Gasteiger partial charge in [-0.05, 0) is 35.4 Å². The molecule has 2 aromatic carbocycles. The van der Waals surface area contributed by atoms with E-state index in [9.17, 15) is 9.65 Å². The molecule has 0 saturated carbocycles. The topological polar surface area (TPSA) is 54.6 Å². The molecule has 0 aliphatic rings. The molecule has 4 nitrogen and oxygen atoms in total. The van der Waals surface area contributed by atoms with Crippen LogP contribution in [0.1, 0.15) is 23.5 Å². The van der Waals surface area contributed by atoms with Crippen molar-refractivity contribution in [2.75, 3.05) is 13.3 Å². The van der Waals surface area contributed by atoms with Crippen molar-refractivity contribution in [3.63, 3.8) is 0 Å². The third kappa shape index (κ3) is 6.44. The second-order valence-corrected chi connectivity index (χ2v) is 5.66. The van der Waals surface area contributed by atoms with Gasteiger partial charge in [-0.15, -0.1) is 0 Å². The second-order valence-electron chi connectivity index (χ2n) is 5.22. The van der Waals surface area contributed by atoms with E-state index in [2.05, 4.69) is 11.2 Å². The lowest BCUT2D eigenvalue weighted by molar-refractivity contribution is 0.131. The van der Waals surface area contributed by atoms with Gasteiger partial charge < -0.3 is 9.57 Å². The fraction of sp³-hybridized carbons (Fsp3) is 0.263. The molecule has 130 valence electrons. The Morgan fingerprint density at radius 1 is 1.16 bits per heavy atom. The number of hydrogen-bond acceptors (Lipinski definition) is 4. The first kappa shape index (κ1) is 18.8. The van der Waals surface area contributed by atoms with Gasteiger partial charge >= 0.3 is 0 Å². The predicted octanol–water partition coefficient (Wildman–Crippen LogP) is 4.89. The lowest BCUT2D eigenvalue weighted by Gasteiger charge is -2.07. The summed E-state index contributed by atoms with van der Waals surface area (Å²) in [4.78, 5) is 5.22. The number of hydrogen-bond donors (Lipinski definition) is 0. The van der Waals surface area contributed by atoms with E-state index in [0.717, 1.165) is 11.1 Å². The van der Waals surface area contributed by atoms with Crippen LogP contribution in [-0.2, 0) is 11.4 Å². The summed E-state index contributed by atoms with van der Waals surface area (Å²) >= 11 is 5.82. The van der Waals surface area contributed by atoms with Gasteiger partial charge in [0, 0.05) is 11.4 Å². The number of alkyl halides is 1. The Kier molecular flexibility index (Phi) is 7.74. The van der Waals surface area contributed by atoms with Crippen LogP contribution in [0.4, 0.5) is 4.39 Å². The average molecular weight is 361 g/mol. The largest absolute Gasteiger partial charge is 0.494 e. The molecule has 1 atom stereocenters. The van der Waals surface area contributed by atoms with E-state index in [1.165, 1.54) is 6.21 Å². The Morgan fingerprint density at radius 2 is 1.88 bits per heavy atom. The van der Waals surface area contributed by atoms with Gasteiger partial charge in [-0.25, -0.2) is 0 Å². The fourth-order valence-electron chi connectivity index (χ4n) is 2.01. The van der Waals surface area contributed by atoms with E-state index in [1.807, 2.05) is 12.1 Å². The summed E-state index contributed by atoms with van der Waals surface area (Å²) in [5.74, 6) is 0.120. The molecule has 0 N–H and O–H groups in total. The van der Waals surface area contributed by atoms with Crippen LogP contribution >= 0.6 is 11.6 Å². The maximum Gasteiger partial charge on any atom is 0.142 e. The number of nitrogens with zero attached hydrogens (tertiary/aromatic N) is 2. The van der Waals surface area contributed by atoms with Gasteiger partial charge in [0.05, 0.1) is 25.6 Å². The van der Waals surface area contributed by atoms with E-state index in [0.29, 0.717) is 30.4 Å². The zero-order valence-electron chi connectivity index (χ0n) is 13.6. The van der Waals surface area contributed by atoms with Crippen LogP contribution in [0, 0.1) is 11.3 Å². The summed E-state index contributed by atoms with van der Waals surface area (Å²) < 4.78 is 17.4. The Bertz CT molecular complexity index is 712. The number of halogens is 2. The van der Waals surface area contributed by atoms with Crippen LogP contribution in [0.2, 0.25) is 5.02 Å². The molecule has 25 heavy (non-hydrogen) atoms. The van der Waals surface area contributed by atoms with E-state index >= 15 is 0 Å². The Morgan fingerprint density at radius 3 is 2.52 bits per heavy atom. The van der Waals surface area contributed by atoms with Crippen molar-refractivity contribution >= 4 is 17.8 Å². The molecule has 0 bridgehead atoms. The third-order valence-corrected chi connectivity index (χ3v) is 3.61. The highest BCUT2D eigenvalue weighted by molar-refractivity contribution is 6.30. The van der Waals surface area contributed by atoms with Gasteiger partial charge in [-0.1, -0.05) is 41.0 Å². The Balaban J connectivity index is 1.86. The van der Waals surface area contributed by atoms with Crippen molar-refractivity contribution in [2.24, 2.45) is 5.16 Å². The first-order valence-corrected chi connectivity index (χ1v) is 8.19. The number of benzene rings is 2. The number of rotatable bonds is 9. The minimum absolute atomic E-state index is 0.299. The summed E-state index contributed by atoms with van der Waals surface area (Å²) in [5, 5.41) is 13.8. The minimum atomic E-state index is -0.523. The molecule has 0 heterocycles. The van der Waals surface area contributed by atoms with Crippen molar-refractivity contribution in [2.45, 2.75) is 18.9 Å². The smallest absolute Gasteiger partial charge is 0.142 e.